The zero-order valence-corrected chi connectivity index (χ0v) is 15.3. The van der Waals surface area contributed by atoms with Gasteiger partial charge in [0, 0.05) is 23.1 Å². The normalized spacial score (nSPS) is 12.9. The second-order valence-electron chi connectivity index (χ2n) is 6.35. The fourth-order valence-corrected chi connectivity index (χ4v) is 3.19. The zero-order chi connectivity index (χ0) is 20.5. The third kappa shape index (κ3) is 3.36. The van der Waals surface area contributed by atoms with Crippen LogP contribution in [0.3, 0.4) is 0 Å². The first-order chi connectivity index (χ1) is 14.0. The van der Waals surface area contributed by atoms with Gasteiger partial charge in [0.25, 0.3) is 11.7 Å². The maximum absolute atomic E-state index is 12.3. The number of hydrogen-bond acceptors (Lipinski definition) is 7. The van der Waals surface area contributed by atoms with Gasteiger partial charge in [-0.05, 0) is 24.3 Å². The molecule has 2 heterocycles. The fraction of sp³-hybridized carbons (Fsp3) is 0.143. The molecule has 0 N–H and O–H groups in total. The van der Waals surface area contributed by atoms with Gasteiger partial charge in [-0.1, -0.05) is 12.1 Å². The fourth-order valence-electron chi connectivity index (χ4n) is 3.19. The summed E-state index contributed by atoms with van der Waals surface area (Å²) in [4.78, 5) is 49.4. The van der Waals surface area contributed by atoms with E-state index in [-0.39, 0.29) is 12.2 Å². The first kappa shape index (κ1) is 18.4. The highest BCUT2D eigenvalue weighted by Crippen LogP contribution is 2.28. The van der Waals surface area contributed by atoms with Crippen LogP contribution in [0.15, 0.2) is 57.7 Å². The van der Waals surface area contributed by atoms with Crippen LogP contribution in [-0.2, 0) is 20.9 Å². The molecule has 8 heteroatoms. The molecule has 0 spiro atoms. The Balaban J connectivity index is 1.52. The van der Waals surface area contributed by atoms with Crippen LogP contribution in [0, 0.1) is 0 Å². The molecule has 3 aromatic rings. The lowest BCUT2D eigenvalue weighted by Gasteiger charge is -2.15. The quantitative estimate of drug-likeness (QED) is 0.371. The third-order valence-electron chi connectivity index (χ3n) is 4.59. The number of amides is 1. The van der Waals surface area contributed by atoms with Crippen molar-refractivity contribution >= 4 is 34.3 Å². The molecule has 0 unspecified atom stereocenters. The second kappa shape index (κ2) is 7.23. The number of benzene rings is 2. The zero-order valence-electron chi connectivity index (χ0n) is 15.3. The molecule has 1 aliphatic rings. The van der Waals surface area contributed by atoms with Crippen LogP contribution in [0.4, 0.5) is 5.69 Å². The molecule has 2 aromatic carbocycles. The molecule has 1 aromatic heterocycles. The van der Waals surface area contributed by atoms with Crippen molar-refractivity contribution in [2.24, 2.45) is 0 Å². The molecule has 0 bridgehead atoms. The van der Waals surface area contributed by atoms with Gasteiger partial charge in [0.05, 0.1) is 18.4 Å². The number of carbonyl (C=O) groups is 3. The maximum Gasteiger partial charge on any atom is 0.336 e. The molecule has 0 saturated heterocycles. The Morgan fingerprint density at radius 2 is 1.86 bits per heavy atom. The number of esters is 1. The first-order valence-corrected chi connectivity index (χ1v) is 8.69. The van der Waals surface area contributed by atoms with Gasteiger partial charge < -0.3 is 13.9 Å². The van der Waals surface area contributed by atoms with Crippen molar-refractivity contribution in [3.8, 4) is 5.75 Å². The van der Waals surface area contributed by atoms with Crippen molar-refractivity contribution in [2.45, 2.75) is 6.61 Å². The van der Waals surface area contributed by atoms with Gasteiger partial charge in [0.1, 0.15) is 24.5 Å². The average Bonchev–Trinajstić information content (AvgIpc) is 2.96. The number of para-hydroxylation sites is 1. The Morgan fingerprint density at radius 1 is 1.07 bits per heavy atom. The Bertz CT molecular complexity index is 1210. The molecule has 8 nitrogen and oxygen atoms in total. The molecule has 4 rings (SSSR count). The number of ketones is 1. The van der Waals surface area contributed by atoms with Crippen LogP contribution in [0.2, 0.25) is 0 Å². The monoisotopic (exact) mass is 393 g/mol. The molecule has 29 heavy (non-hydrogen) atoms. The number of carbonyl (C=O) groups excluding carboxylic acids is 3. The van der Waals surface area contributed by atoms with Crippen molar-refractivity contribution in [1.29, 1.82) is 0 Å². The molecule has 0 atom stereocenters. The summed E-state index contributed by atoms with van der Waals surface area (Å²) in [5.41, 5.74) is 0.794. The summed E-state index contributed by atoms with van der Waals surface area (Å²) in [6.45, 7) is -0.598. The van der Waals surface area contributed by atoms with Gasteiger partial charge in [-0.25, -0.2) is 4.79 Å². The van der Waals surface area contributed by atoms with Crippen LogP contribution in [0.1, 0.15) is 15.9 Å². The van der Waals surface area contributed by atoms with Crippen molar-refractivity contribution in [1.82, 2.24) is 0 Å². The second-order valence-corrected chi connectivity index (χ2v) is 6.35. The molecular weight excluding hydrogens is 378 g/mol. The summed E-state index contributed by atoms with van der Waals surface area (Å²) in [6.07, 6.45) is 0. The summed E-state index contributed by atoms with van der Waals surface area (Å²) >= 11 is 0. The predicted octanol–water partition coefficient (Wildman–Crippen LogP) is 2.07. The summed E-state index contributed by atoms with van der Waals surface area (Å²) in [5, 5.41) is 0.593. The van der Waals surface area contributed by atoms with Crippen LogP contribution in [0.5, 0.6) is 5.75 Å². The van der Waals surface area contributed by atoms with E-state index in [0.29, 0.717) is 28.0 Å². The first-order valence-electron chi connectivity index (χ1n) is 8.69. The molecule has 1 amide bonds. The highest BCUT2D eigenvalue weighted by atomic mass is 16.5. The molecule has 0 radical (unpaired) electrons. The van der Waals surface area contributed by atoms with Crippen LogP contribution >= 0.6 is 0 Å². The number of ether oxygens (including phenoxy) is 2. The van der Waals surface area contributed by atoms with E-state index in [0.717, 1.165) is 4.90 Å². The van der Waals surface area contributed by atoms with Gasteiger partial charge in [-0.15, -0.1) is 0 Å². The van der Waals surface area contributed by atoms with Crippen molar-refractivity contribution < 1.29 is 28.3 Å². The Kier molecular flexibility index (Phi) is 4.59. The smallest absolute Gasteiger partial charge is 0.336 e. The number of methoxy groups -OCH3 is 1. The molecule has 0 aliphatic carbocycles. The van der Waals surface area contributed by atoms with E-state index in [1.54, 1.807) is 36.4 Å². The lowest BCUT2D eigenvalue weighted by molar-refractivity contribution is -0.143. The van der Waals surface area contributed by atoms with E-state index in [1.807, 2.05) is 0 Å². The van der Waals surface area contributed by atoms with E-state index in [1.165, 1.54) is 19.2 Å². The standard InChI is InChI=1S/C21H15NO7/c1-27-13-6-7-14-12(8-18(23)29-17(14)9-13)11-28-19(24)10-22-16-5-3-2-4-15(16)20(25)21(22)26/h2-9H,10-11H2,1H3. The van der Waals surface area contributed by atoms with E-state index in [4.69, 9.17) is 13.9 Å². The van der Waals surface area contributed by atoms with E-state index < -0.39 is 29.8 Å². The number of rotatable bonds is 5. The Labute approximate surface area is 164 Å². The maximum atomic E-state index is 12.3. The topological polar surface area (TPSA) is 103 Å². The predicted molar refractivity (Wildman–Crippen MR) is 102 cm³/mol. The highest BCUT2D eigenvalue weighted by molar-refractivity contribution is 6.52. The van der Waals surface area contributed by atoms with Gasteiger partial charge in [0.2, 0.25) is 0 Å². The third-order valence-corrected chi connectivity index (χ3v) is 4.59. The van der Waals surface area contributed by atoms with Crippen molar-refractivity contribution in [3.63, 3.8) is 0 Å². The largest absolute Gasteiger partial charge is 0.497 e. The summed E-state index contributed by atoms with van der Waals surface area (Å²) < 4.78 is 15.5. The van der Waals surface area contributed by atoms with E-state index in [2.05, 4.69) is 0 Å². The number of hydrogen-bond donors (Lipinski definition) is 0. The van der Waals surface area contributed by atoms with Gasteiger partial charge in [-0.3, -0.25) is 19.3 Å². The number of fused-ring (bicyclic) bond motifs is 2. The lowest BCUT2D eigenvalue weighted by atomic mass is 10.1. The molecule has 0 saturated carbocycles. The van der Waals surface area contributed by atoms with Crippen LogP contribution < -0.4 is 15.3 Å². The number of Topliss-reactive ketones (excluding diaryl/α,β-unsaturated/α-hetero) is 1. The van der Waals surface area contributed by atoms with Crippen molar-refractivity contribution in [3.05, 3.63) is 70.1 Å². The number of anilines is 1. The van der Waals surface area contributed by atoms with Crippen molar-refractivity contribution in [2.75, 3.05) is 18.6 Å². The Hall–Kier alpha value is -3.94. The minimum absolute atomic E-state index is 0.190. The molecule has 146 valence electrons. The highest BCUT2D eigenvalue weighted by Gasteiger charge is 2.36. The summed E-state index contributed by atoms with van der Waals surface area (Å²) in [7, 11) is 1.49. The van der Waals surface area contributed by atoms with Gasteiger partial charge in [-0.2, -0.15) is 0 Å². The lowest BCUT2D eigenvalue weighted by Crippen LogP contribution is -2.35. The van der Waals surface area contributed by atoms with Gasteiger partial charge >= 0.3 is 11.6 Å². The summed E-state index contributed by atoms with van der Waals surface area (Å²) in [5.74, 6) is -1.63. The van der Waals surface area contributed by atoms with Crippen LogP contribution in [0.25, 0.3) is 11.0 Å². The van der Waals surface area contributed by atoms with E-state index >= 15 is 0 Å². The Morgan fingerprint density at radius 3 is 2.66 bits per heavy atom. The molecule has 0 fully saturated rings. The average molecular weight is 393 g/mol. The van der Waals surface area contributed by atoms with Crippen LogP contribution in [-0.4, -0.2) is 31.3 Å². The SMILES string of the molecule is COc1ccc2c(COC(=O)CN3C(=O)C(=O)c4ccccc43)cc(=O)oc2c1. The van der Waals surface area contributed by atoms with E-state index in [9.17, 15) is 19.2 Å². The minimum Gasteiger partial charge on any atom is -0.497 e. The summed E-state index contributed by atoms with van der Waals surface area (Å²) in [6, 6.07) is 12.6. The minimum atomic E-state index is -0.777. The van der Waals surface area contributed by atoms with Gasteiger partial charge in [0.15, 0.2) is 0 Å². The molecule has 1 aliphatic heterocycles. The number of nitrogens with zero attached hydrogens (tertiary/aromatic N) is 1. The molecular formula is C21H15NO7.